The van der Waals surface area contributed by atoms with Crippen LogP contribution in [0.2, 0.25) is 0 Å². The van der Waals surface area contributed by atoms with Gasteiger partial charge in [-0.2, -0.15) is 0 Å². The molecule has 0 radical (unpaired) electrons. The number of hydrogen-bond acceptors (Lipinski definition) is 4. The van der Waals surface area contributed by atoms with Crippen LogP contribution in [0.25, 0.3) is 0 Å². The van der Waals surface area contributed by atoms with Crippen LogP contribution in [-0.4, -0.2) is 15.9 Å². The predicted octanol–water partition coefficient (Wildman–Crippen LogP) is 3.35. The number of halogens is 1. The van der Waals surface area contributed by atoms with Crippen LogP contribution in [0.3, 0.4) is 0 Å². The average Bonchev–Trinajstić information content (AvgIpc) is 2.99. The van der Waals surface area contributed by atoms with Gasteiger partial charge in [0.05, 0.1) is 4.92 Å². The second-order valence-electron chi connectivity index (χ2n) is 4.31. The second kappa shape index (κ2) is 5.00. The summed E-state index contributed by atoms with van der Waals surface area (Å²) in [5.41, 5.74) is 0.0292. The average molecular weight is 300 g/mol. The molecule has 1 saturated carbocycles. The number of anilines is 1. The number of hydrogen-bond donors (Lipinski definition) is 1. The molecule has 1 N–H and O–H groups in total. The lowest BCUT2D eigenvalue weighted by atomic mass is 10.2. The van der Waals surface area contributed by atoms with Crippen LogP contribution in [0.1, 0.15) is 26.2 Å². The zero-order chi connectivity index (χ0) is 12.4. The van der Waals surface area contributed by atoms with Crippen molar-refractivity contribution in [1.82, 2.24) is 4.98 Å². The van der Waals surface area contributed by atoms with Gasteiger partial charge in [0.1, 0.15) is 0 Å². The Morgan fingerprint density at radius 3 is 3.12 bits per heavy atom. The molecule has 1 aliphatic rings. The van der Waals surface area contributed by atoms with E-state index in [1.807, 2.05) is 0 Å². The zero-order valence-electron chi connectivity index (χ0n) is 9.52. The van der Waals surface area contributed by atoms with E-state index in [9.17, 15) is 10.1 Å². The molecule has 0 bridgehead atoms. The lowest BCUT2D eigenvalue weighted by molar-refractivity contribution is -0.384. The molecule has 0 amide bonds. The van der Waals surface area contributed by atoms with Gasteiger partial charge in [0.2, 0.25) is 5.82 Å². The number of pyridine rings is 1. The molecule has 5 nitrogen and oxygen atoms in total. The molecular weight excluding hydrogens is 286 g/mol. The first-order valence-corrected chi connectivity index (χ1v) is 6.47. The summed E-state index contributed by atoms with van der Waals surface area (Å²) >= 11 is 3.19. The highest BCUT2D eigenvalue weighted by atomic mass is 79.9. The molecule has 0 aliphatic heterocycles. The Kier molecular flexibility index (Phi) is 3.61. The SMILES string of the molecule is CCCC1CC1Nc1ncc(Br)cc1[N+](=O)[O-]. The summed E-state index contributed by atoms with van der Waals surface area (Å²) in [6.07, 6.45) is 4.98. The van der Waals surface area contributed by atoms with E-state index < -0.39 is 4.92 Å². The van der Waals surface area contributed by atoms with Crippen LogP contribution in [0.4, 0.5) is 11.5 Å². The molecule has 1 fully saturated rings. The van der Waals surface area contributed by atoms with Gasteiger partial charge in [-0.3, -0.25) is 10.1 Å². The predicted molar refractivity (Wildman–Crippen MR) is 69.0 cm³/mol. The maximum Gasteiger partial charge on any atom is 0.312 e. The molecule has 1 aromatic heterocycles. The standard InChI is InChI=1S/C11H14BrN3O2/c1-2-3-7-4-9(7)14-11-10(15(16)17)5-8(12)6-13-11/h5-7,9H,2-4H2,1H3,(H,13,14). The highest BCUT2D eigenvalue weighted by molar-refractivity contribution is 9.10. The Hall–Kier alpha value is -1.17. The van der Waals surface area contributed by atoms with Crippen molar-refractivity contribution in [3.05, 3.63) is 26.9 Å². The number of nitrogens with one attached hydrogen (secondary N) is 1. The van der Waals surface area contributed by atoms with Gasteiger partial charge >= 0.3 is 5.69 Å². The molecular formula is C11H14BrN3O2. The van der Waals surface area contributed by atoms with Gasteiger partial charge in [-0.25, -0.2) is 4.98 Å². The Morgan fingerprint density at radius 1 is 1.71 bits per heavy atom. The van der Waals surface area contributed by atoms with E-state index in [0.717, 1.165) is 12.8 Å². The Balaban J connectivity index is 2.08. The molecule has 0 aromatic carbocycles. The van der Waals surface area contributed by atoms with E-state index in [4.69, 9.17) is 0 Å². The van der Waals surface area contributed by atoms with Gasteiger partial charge in [0, 0.05) is 22.8 Å². The molecule has 1 heterocycles. The van der Waals surface area contributed by atoms with Gasteiger partial charge in [0.15, 0.2) is 0 Å². The van der Waals surface area contributed by atoms with Crippen LogP contribution in [0.15, 0.2) is 16.7 Å². The molecule has 17 heavy (non-hydrogen) atoms. The smallest absolute Gasteiger partial charge is 0.312 e. The fourth-order valence-corrected chi connectivity index (χ4v) is 2.29. The molecule has 1 aromatic rings. The Morgan fingerprint density at radius 2 is 2.47 bits per heavy atom. The van der Waals surface area contributed by atoms with Crippen molar-refractivity contribution in [2.45, 2.75) is 32.2 Å². The lowest BCUT2D eigenvalue weighted by Gasteiger charge is -2.05. The van der Waals surface area contributed by atoms with Crippen molar-refractivity contribution < 1.29 is 4.92 Å². The third kappa shape index (κ3) is 2.94. The quantitative estimate of drug-likeness (QED) is 0.669. The maximum atomic E-state index is 10.9. The van der Waals surface area contributed by atoms with Crippen molar-refractivity contribution in [2.24, 2.45) is 5.92 Å². The van der Waals surface area contributed by atoms with Gasteiger partial charge in [0.25, 0.3) is 0 Å². The lowest BCUT2D eigenvalue weighted by Crippen LogP contribution is -2.08. The van der Waals surface area contributed by atoms with Crippen molar-refractivity contribution >= 4 is 27.4 Å². The van der Waals surface area contributed by atoms with Crippen LogP contribution in [0, 0.1) is 16.0 Å². The molecule has 6 heteroatoms. The van der Waals surface area contributed by atoms with Gasteiger partial charge < -0.3 is 5.32 Å². The molecule has 2 atom stereocenters. The maximum absolute atomic E-state index is 10.9. The zero-order valence-corrected chi connectivity index (χ0v) is 11.1. The second-order valence-corrected chi connectivity index (χ2v) is 5.23. The summed E-state index contributed by atoms with van der Waals surface area (Å²) in [5, 5.41) is 14.0. The van der Waals surface area contributed by atoms with Crippen LogP contribution in [-0.2, 0) is 0 Å². The first-order chi connectivity index (χ1) is 8.11. The van der Waals surface area contributed by atoms with Crippen molar-refractivity contribution in [1.29, 1.82) is 0 Å². The van der Waals surface area contributed by atoms with Gasteiger partial charge in [-0.05, 0) is 34.7 Å². The molecule has 0 spiro atoms. The first-order valence-electron chi connectivity index (χ1n) is 5.68. The van der Waals surface area contributed by atoms with Crippen molar-refractivity contribution in [3.8, 4) is 0 Å². The van der Waals surface area contributed by atoms with E-state index in [1.165, 1.54) is 12.5 Å². The number of aromatic nitrogens is 1. The van der Waals surface area contributed by atoms with Gasteiger partial charge in [-0.1, -0.05) is 13.3 Å². The minimum absolute atomic E-state index is 0.0292. The summed E-state index contributed by atoms with van der Waals surface area (Å²) in [5.74, 6) is 1.02. The highest BCUT2D eigenvalue weighted by Gasteiger charge is 2.37. The molecule has 2 unspecified atom stereocenters. The number of nitro groups is 1. The fourth-order valence-electron chi connectivity index (χ4n) is 1.97. The summed E-state index contributed by atoms with van der Waals surface area (Å²) < 4.78 is 0.621. The van der Waals surface area contributed by atoms with Crippen molar-refractivity contribution in [3.63, 3.8) is 0 Å². The monoisotopic (exact) mass is 299 g/mol. The Labute approximate surface area is 108 Å². The largest absolute Gasteiger partial charge is 0.361 e. The summed E-state index contributed by atoms with van der Waals surface area (Å²) in [6.45, 7) is 2.15. The van der Waals surface area contributed by atoms with E-state index in [2.05, 4.69) is 33.2 Å². The fraction of sp³-hybridized carbons (Fsp3) is 0.545. The highest BCUT2D eigenvalue weighted by Crippen LogP contribution is 2.38. The normalized spacial score (nSPS) is 22.2. The van der Waals surface area contributed by atoms with E-state index >= 15 is 0 Å². The van der Waals surface area contributed by atoms with E-state index in [-0.39, 0.29) is 5.69 Å². The molecule has 0 saturated heterocycles. The molecule has 92 valence electrons. The van der Waals surface area contributed by atoms with Crippen LogP contribution in [0.5, 0.6) is 0 Å². The number of nitrogens with zero attached hydrogens (tertiary/aromatic N) is 2. The third-order valence-electron chi connectivity index (χ3n) is 2.94. The third-order valence-corrected chi connectivity index (χ3v) is 3.37. The van der Waals surface area contributed by atoms with E-state index in [1.54, 1.807) is 6.20 Å². The van der Waals surface area contributed by atoms with Crippen LogP contribution >= 0.6 is 15.9 Å². The van der Waals surface area contributed by atoms with Crippen molar-refractivity contribution in [2.75, 3.05) is 5.32 Å². The van der Waals surface area contributed by atoms with Gasteiger partial charge in [-0.15, -0.1) is 0 Å². The molecule has 1 aliphatic carbocycles. The number of rotatable bonds is 5. The minimum atomic E-state index is -0.405. The summed E-state index contributed by atoms with van der Waals surface area (Å²) in [4.78, 5) is 14.6. The van der Waals surface area contributed by atoms with Crippen LogP contribution < -0.4 is 5.32 Å². The summed E-state index contributed by atoms with van der Waals surface area (Å²) in [7, 11) is 0. The molecule has 2 rings (SSSR count). The topological polar surface area (TPSA) is 68.1 Å². The first kappa shape index (κ1) is 12.3. The summed E-state index contributed by atoms with van der Waals surface area (Å²) in [6, 6.07) is 1.83. The minimum Gasteiger partial charge on any atom is -0.361 e. The van der Waals surface area contributed by atoms with E-state index in [0.29, 0.717) is 22.3 Å². The Bertz CT molecular complexity index is 439.